The van der Waals surface area contributed by atoms with Gasteiger partial charge in [0.15, 0.2) is 17.3 Å². The minimum Gasteiger partial charge on any atom is -0.486 e. The van der Waals surface area contributed by atoms with Gasteiger partial charge < -0.3 is 19.2 Å². The van der Waals surface area contributed by atoms with E-state index in [1.807, 2.05) is 36.4 Å². The summed E-state index contributed by atoms with van der Waals surface area (Å²) < 4.78 is 18.0. The van der Waals surface area contributed by atoms with Gasteiger partial charge in [0.2, 0.25) is 5.89 Å². The molecule has 2 heterocycles. The lowest BCUT2D eigenvalue weighted by Crippen LogP contribution is -2.16. The molecule has 1 amide bonds. The number of halogens is 1. The number of aromatic nitrogens is 1. The number of hydrogen-bond acceptors (Lipinski definition) is 5. The molecule has 1 aliphatic rings. The van der Waals surface area contributed by atoms with Crippen molar-refractivity contribution >= 4 is 27.5 Å². The molecule has 1 aliphatic heterocycles. The molecular weight excluding hydrogens is 460 g/mol. The molecule has 4 aromatic rings. The van der Waals surface area contributed by atoms with Gasteiger partial charge in [-0.25, -0.2) is 4.98 Å². The number of nitrogens with one attached hydrogen (secondary N) is 1. The number of nitrogens with zero attached hydrogens (tertiary/aromatic N) is 1. The van der Waals surface area contributed by atoms with Gasteiger partial charge >= 0.3 is 0 Å². The zero-order valence-corrected chi connectivity index (χ0v) is 17.9. The SMILES string of the molecule is O=C(Nc1ccc2c(c1)OCCO2)c1ccccc1-c1ncc(-c2cccc(Br)c2)o1. The third-order valence-corrected chi connectivity index (χ3v) is 5.31. The number of anilines is 1. The van der Waals surface area contributed by atoms with Gasteiger partial charge in [0, 0.05) is 27.4 Å². The summed E-state index contributed by atoms with van der Waals surface area (Å²) in [4.78, 5) is 17.4. The highest BCUT2D eigenvalue weighted by atomic mass is 79.9. The molecule has 1 N–H and O–H groups in total. The molecular formula is C24H17BrN2O4. The third-order valence-electron chi connectivity index (χ3n) is 4.82. The number of hydrogen-bond donors (Lipinski definition) is 1. The number of oxazole rings is 1. The van der Waals surface area contributed by atoms with Crippen molar-refractivity contribution in [1.82, 2.24) is 4.98 Å². The molecule has 0 saturated heterocycles. The molecule has 31 heavy (non-hydrogen) atoms. The maximum Gasteiger partial charge on any atom is 0.256 e. The van der Waals surface area contributed by atoms with Crippen molar-refractivity contribution < 1.29 is 18.7 Å². The van der Waals surface area contributed by atoms with Crippen molar-refractivity contribution in [3.63, 3.8) is 0 Å². The molecule has 154 valence electrons. The summed E-state index contributed by atoms with van der Waals surface area (Å²) in [5.41, 5.74) is 2.58. The molecule has 0 aliphatic carbocycles. The second kappa shape index (κ2) is 8.28. The fourth-order valence-corrected chi connectivity index (χ4v) is 3.76. The van der Waals surface area contributed by atoms with E-state index in [-0.39, 0.29) is 5.91 Å². The van der Waals surface area contributed by atoms with Crippen molar-refractivity contribution in [2.45, 2.75) is 0 Å². The minimum absolute atomic E-state index is 0.269. The van der Waals surface area contributed by atoms with Crippen LogP contribution < -0.4 is 14.8 Å². The summed E-state index contributed by atoms with van der Waals surface area (Å²) in [5, 5.41) is 2.91. The fourth-order valence-electron chi connectivity index (χ4n) is 3.36. The molecule has 5 rings (SSSR count). The van der Waals surface area contributed by atoms with Crippen LogP contribution in [0.4, 0.5) is 5.69 Å². The zero-order chi connectivity index (χ0) is 21.2. The summed E-state index contributed by atoms with van der Waals surface area (Å²) in [6.07, 6.45) is 1.66. The first-order valence-electron chi connectivity index (χ1n) is 9.69. The Bertz CT molecular complexity index is 1270. The number of ether oxygens (including phenoxy) is 2. The summed E-state index contributed by atoms with van der Waals surface area (Å²) in [6.45, 7) is 1.00. The van der Waals surface area contributed by atoms with Crippen LogP contribution in [-0.2, 0) is 0 Å². The van der Waals surface area contributed by atoms with Crippen LogP contribution in [0.1, 0.15) is 10.4 Å². The smallest absolute Gasteiger partial charge is 0.256 e. The maximum atomic E-state index is 13.0. The third kappa shape index (κ3) is 4.04. The molecule has 0 fully saturated rings. The van der Waals surface area contributed by atoms with E-state index in [9.17, 15) is 4.79 Å². The molecule has 0 unspecified atom stereocenters. The van der Waals surface area contributed by atoms with Crippen molar-refractivity contribution in [2.75, 3.05) is 18.5 Å². The van der Waals surface area contributed by atoms with E-state index in [4.69, 9.17) is 13.9 Å². The van der Waals surface area contributed by atoms with Gasteiger partial charge in [-0.15, -0.1) is 0 Å². The Morgan fingerprint density at radius 1 is 0.935 bits per heavy atom. The molecule has 0 atom stereocenters. The average molecular weight is 477 g/mol. The van der Waals surface area contributed by atoms with E-state index in [1.165, 1.54) is 0 Å². The van der Waals surface area contributed by atoms with Crippen LogP contribution in [0.15, 0.2) is 81.8 Å². The topological polar surface area (TPSA) is 73.6 Å². The first-order chi connectivity index (χ1) is 15.2. The average Bonchev–Trinajstić information content (AvgIpc) is 3.29. The zero-order valence-electron chi connectivity index (χ0n) is 16.3. The lowest BCUT2D eigenvalue weighted by molar-refractivity contribution is 0.102. The summed E-state index contributed by atoms with van der Waals surface area (Å²) in [7, 11) is 0. The summed E-state index contributed by atoms with van der Waals surface area (Å²) in [6, 6.07) is 20.3. The van der Waals surface area contributed by atoms with E-state index in [1.54, 1.807) is 36.5 Å². The molecule has 0 bridgehead atoms. The highest BCUT2D eigenvalue weighted by Crippen LogP contribution is 2.33. The van der Waals surface area contributed by atoms with Gasteiger partial charge in [-0.05, 0) is 36.4 Å². The Kier molecular flexibility index (Phi) is 5.18. The largest absolute Gasteiger partial charge is 0.486 e. The van der Waals surface area contributed by atoms with Crippen molar-refractivity contribution in [1.29, 1.82) is 0 Å². The van der Waals surface area contributed by atoms with E-state index in [0.717, 1.165) is 10.0 Å². The minimum atomic E-state index is -0.269. The Morgan fingerprint density at radius 2 is 1.77 bits per heavy atom. The normalized spacial score (nSPS) is 12.4. The molecule has 0 radical (unpaired) electrons. The monoisotopic (exact) mass is 476 g/mol. The number of fused-ring (bicyclic) bond motifs is 1. The molecule has 7 heteroatoms. The summed E-state index contributed by atoms with van der Waals surface area (Å²) >= 11 is 3.46. The van der Waals surface area contributed by atoms with Gasteiger partial charge in [0.1, 0.15) is 13.2 Å². The van der Waals surface area contributed by atoms with Crippen LogP contribution in [-0.4, -0.2) is 24.1 Å². The first kappa shape index (κ1) is 19.4. The van der Waals surface area contributed by atoms with E-state index < -0.39 is 0 Å². The van der Waals surface area contributed by atoms with Crippen LogP contribution in [0.5, 0.6) is 11.5 Å². The lowest BCUT2D eigenvalue weighted by Gasteiger charge is -2.19. The Hall–Kier alpha value is -3.58. The number of rotatable bonds is 4. The predicted molar refractivity (Wildman–Crippen MR) is 120 cm³/mol. The molecule has 3 aromatic carbocycles. The second-order valence-electron chi connectivity index (χ2n) is 6.90. The van der Waals surface area contributed by atoms with Crippen LogP contribution in [0.25, 0.3) is 22.8 Å². The Labute approximate surface area is 187 Å². The van der Waals surface area contributed by atoms with Gasteiger partial charge in [-0.3, -0.25) is 4.79 Å². The second-order valence-corrected chi connectivity index (χ2v) is 7.81. The Balaban J connectivity index is 1.42. The van der Waals surface area contributed by atoms with Crippen molar-refractivity contribution in [3.05, 3.63) is 83.0 Å². The van der Waals surface area contributed by atoms with E-state index in [2.05, 4.69) is 26.2 Å². The predicted octanol–water partition coefficient (Wildman–Crippen LogP) is 5.79. The van der Waals surface area contributed by atoms with Crippen molar-refractivity contribution in [2.24, 2.45) is 0 Å². The van der Waals surface area contributed by atoms with Gasteiger partial charge in [-0.2, -0.15) is 0 Å². The van der Waals surface area contributed by atoms with E-state index in [0.29, 0.717) is 53.2 Å². The molecule has 0 spiro atoms. The van der Waals surface area contributed by atoms with Crippen LogP contribution in [0.2, 0.25) is 0 Å². The summed E-state index contributed by atoms with van der Waals surface area (Å²) in [5.74, 6) is 2.02. The standard InChI is InChI=1S/C24H17BrN2O4/c25-16-5-3-4-15(12-16)22-14-26-24(31-22)19-7-2-1-6-18(19)23(28)27-17-8-9-20-21(13-17)30-11-10-29-20/h1-9,12-14H,10-11H2,(H,27,28). The fraction of sp³-hybridized carbons (Fsp3) is 0.0833. The highest BCUT2D eigenvalue weighted by Gasteiger charge is 2.18. The van der Waals surface area contributed by atoms with Gasteiger partial charge in [-0.1, -0.05) is 40.2 Å². The van der Waals surface area contributed by atoms with Crippen LogP contribution in [0, 0.1) is 0 Å². The van der Waals surface area contributed by atoms with Crippen molar-refractivity contribution in [3.8, 4) is 34.3 Å². The quantitative estimate of drug-likeness (QED) is 0.403. The van der Waals surface area contributed by atoms with E-state index >= 15 is 0 Å². The number of benzene rings is 3. The van der Waals surface area contributed by atoms with Crippen LogP contribution in [0.3, 0.4) is 0 Å². The lowest BCUT2D eigenvalue weighted by atomic mass is 10.1. The number of carbonyl (C=O) groups is 1. The van der Waals surface area contributed by atoms with Crippen LogP contribution >= 0.6 is 15.9 Å². The first-order valence-corrected chi connectivity index (χ1v) is 10.5. The number of amides is 1. The molecule has 6 nitrogen and oxygen atoms in total. The molecule has 1 aromatic heterocycles. The van der Waals surface area contributed by atoms with Gasteiger partial charge in [0.05, 0.1) is 11.8 Å². The molecule has 0 saturated carbocycles. The highest BCUT2D eigenvalue weighted by molar-refractivity contribution is 9.10. The van der Waals surface area contributed by atoms with Gasteiger partial charge in [0.25, 0.3) is 5.91 Å². The maximum absolute atomic E-state index is 13.0. The number of carbonyl (C=O) groups excluding carboxylic acids is 1. The Morgan fingerprint density at radius 3 is 2.65 bits per heavy atom.